The Bertz CT molecular complexity index is 784. The van der Waals surface area contributed by atoms with Crippen LogP contribution < -0.4 is 5.32 Å². The maximum Gasteiger partial charge on any atom is 0.226 e. The van der Waals surface area contributed by atoms with Crippen LogP contribution in [0.5, 0.6) is 0 Å². The number of aromatic nitrogens is 2. The molecule has 0 bridgehead atoms. The summed E-state index contributed by atoms with van der Waals surface area (Å²) in [4.78, 5) is 11.2. The number of aliphatic imine (C=N–C) groups is 1. The first-order valence-electron chi connectivity index (χ1n) is 10.2. The van der Waals surface area contributed by atoms with Gasteiger partial charge in [-0.25, -0.2) is 0 Å². The van der Waals surface area contributed by atoms with Crippen LogP contribution in [0.2, 0.25) is 0 Å². The number of benzene rings is 1. The minimum Gasteiger partial charge on any atom is -0.356 e. The number of nitrogens with zero attached hydrogens (tertiary/aromatic N) is 4. The van der Waals surface area contributed by atoms with Crippen LogP contribution in [0.1, 0.15) is 56.3 Å². The molecule has 150 valence electrons. The molecular formula is C22H31N5O. The molecule has 1 aliphatic heterocycles. The Morgan fingerprint density at radius 2 is 2.00 bits per heavy atom. The first-order valence-corrected chi connectivity index (χ1v) is 10.2. The maximum atomic E-state index is 5.30. The normalized spacial score (nSPS) is 15.2. The van der Waals surface area contributed by atoms with Crippen LogP contribution in [-0.4, -0.2) is 47.7 Å². The lowest BCUT2D eigenvalue weighted by atomic mass is 10.0. The van der Waals surface area contributed by atoms with E-state index in [1.807, 2.05) is 7.05 Å². The zero-order valence-corrected chi connectivity index (χ0v) is 17.2. The van der Waals surface area contributed by atoms with E-state index < -0.39 is 0 Å². The zero-order chi connectivity index (χ0) is 19.8. The van der Waals surface area contributed by atoms with Gasteiger partial charge in [-0.1, -0.05) is 61.0 Å². The molecule has 0 atom stereocenters. The molecule has 0 amide bonds. The van der Waals surface area contributed by atoms with Crippen LogP contribution in [0.25, 0.3) is 6.08 Å². The largest absolute Gasteiger partial charge is 0.356 e. The van der Waals surface area contributed by atoms with E-state index in [2.05, 4.69) is 75.6 Å². The van der Waals surface area contributed by atoms with Crippen LogP contribution in [0.3, 0.4) is 0 Å². The second-order valence-corrected chi connectivity index (χ2v) is 7.48. The van der Waals surface area contributed by atoms with Crippen molar-refractivity contribution in [2.24, 2.45) is 4.99 Å². The molecule has 1 aromatic carbocycles. The number of nitrogens with one attached hydrogen (secondary N) is 1. The van der Waals surface area contributed by atoms with Gasteiger partial charge in [0.1, 0.15) is 0 Å². The molecular weight excluding hydrogens is 350 g/mol. The number of rotatable bonds is 6. The van der Waals surface area contributed by atoms with E-state index in [0.717, 1.165) is 57.1 Å². The number of guanidine groups is 1. The first kappa shape index (κ1) is 20.1. The maximum absolute atomic E-state index is 5.30. The summed E-state index contributed by atoms with van der Waals surface area (Å²) in [6, 6.07) is 10.6. The van der Waals surface area contributed by atoms with Crippen molar-refractivity contribution in [2.45, 2.75) is 45.4 Å². The van der Waals surface area contributed by atoms with Gasteiger partial charge >= 0.3 is 0 Å². The summed E-state index contributed by atoms with van der Waals surface area (Å²) in [6.07, 6.45) is 6.20. The molecule has 0 saturated carbocycles. The lowest BCUT2D eigenvalue weighted by Crippen LogP contribution is -2.44. The van der Waals surface area contributed by atoms with E-state index in [0.29, 0.717) is 11.8 Å². The van der Waals surface area contributed by atoms with Gasteiger partial charge in [0, 0.05) is 39.0 Å². The lowest BCUT2D eigenvalue weighted by molar-refractivity contribution is 0.364. The van der Waals surface area contributed by atoms with Crippen molar-refractivity contribution < 1.29 is 4.52 Å². The predicted molar refractivity (Wildman–Crippen MR) is 113 cm³/mol. The van der Waals surface area contributed by atoms with Crippen molar-refractivity contribution in [2.75, 3.05) is 26.7 Å². The van der Waals surface area contributed by atoms with E-state index in [1.165, 1.54) is 11.1 Å². The van der Waals surface area contributed by atoms with Gasteiger partial charge in [-0.05, 0) is 24.8 Å². The molecule has 6 heteroatoms. The van der Waals surface area contributed by atoms with Crippen molar-refractivity contribution in [3.05, 3.63) is 53.2 Å². The molecule has 2 aromatic rings. The quantitative estimate of drug-likeness (QED) is 0.467. The van der Waals surface area contributed by atoms with Crippen molar-refractivity contribution in [1.82, 2.24) is 20.4 Å². The Morgan fingerprint density at radius 3 is 2.64 bits per heavy atom. The lowest BCUT2D eigenvalue weighted by Gasteiger charge is -2.31. The van der Waals surface area contributed by atoms with Crippen LogP contribution in [0.4, 0.5) is 0 Å². The molecule has 28 heavy (non-hydrogen) atoms. The SMILES string of the molecule is CN=C(NCCCc1nc(C(C)C)no1)N1CCC(=Cc2ccccc2)CC1. The van der Waals surface area contributed by atoms with Crippen molar-refractivity contribution in [3.63, 3.8) is 0 Å². The Labute approximate surface area is 167 Å². The topological polar surface area (TPSA) is 66.5 Å². The minimum absolute atomic E-state index is 0.300. The second kappa shape index (κ2) is 10.1. The van der Waals surface area contributed by atoms with Crippen LogP contribution in [0.15, 0.2) is 45.4 Å². The highest BCUT2D eigenvalue weighted by molar-refractivity contribution is 5.80. The summed E-state index contributed by atoms with van der Waals surface area (Å²) in [5.41, 5.74) is 2.80. The third-order valence-electron chi connectivity index (χ3n) is 4.94. The standard InChI is InChI=1S/C22H31N5O/c1-17(2)21-25-20(28-26-21)10-7-13-24-22(23-3)27-14-11-19(12-15-27)16-18-8-5-4-6-9-18/h4-6,8-9,16-17H,7,10-15H2,1-3H3,(H,23,24). The summed E-state index contributed by atoms with van der Waals surface area (Å²) >= 11 is 0. The predicted octanol–water partition coefficient (Wildman–Crippen LogP) is 3.88. The molecule has 1 N–H and O–H groups in total. The Kier molecular flexibility index (Phi) is 7.23. The molecule has 3 rings (SSSR count). The Morgan fingerprint density at radius 1 is 1.25 bits per heavy atom. The van der Waals surface area contributed by atoms with Gasteiger partial charge < -0.3 is 14.7 Å². The van der Waals surface area contributed by atoms with E-state index in [1.54, 1.807) is 0 Å². The van der Waals surface area contributed by atoms with E-state index >= 15 is 0 Å². The van der Waals surface area contributed by atoms with Gasteiger partial charge in [0.25, 0.3) is 0 Å². The van der Waals surface area contributed by atoms with Gasteiger partial charge in [-0.3, -0.25) is 4.99 Å². The van der Waals surface area contributed by atoms with Gasteiger partial charge in [0.05, 0.1) is 0 Å². The highest BCUT2D eigenvalue weighted by Gasteiger charge is 2.17. The molecule has 6 nitrogen and oxygen atoms in total. The summed E-state index contributed by atoms with van der Waals surface area (Å²) in [7, 11) is 1.85. The van der Waals surface area contributed by atoms with E-state index in [9.17, 15) is 0 Å². The molecule has 1 fully saturated rings. The number of likely N-dealkylation sites (tertiary alicyclic amines) is 1. The van der Waals surface area contributed by atoms with Gasteiger partial charge in [-0.15, -0.1) is 0 Å². The molecule has 0 aliphatic carbocycles. The summed E-state index contributed by atoms with van der Waals surface area (Å²) in [5, 5.41) is 7.48. The van der Waals surface area contributed by atoms with Gasteiger partial charge in [-0.2, -0.15) is 4.98 Å². The molecule has 0 spiro atoms. The number of hydrogen-bond acceptors (Lipinski definition) is 4. The highest BCUT2D eigenvalue weighted by Crippen LogP contribution is 2.19. The van der Waals surface area contributed by atoms with E-state index in [4.69, 9.17) is 4.52 Å². The number of hydrogen-bond donors (Lipinski definition) is 1. The number of piperidine rings is 1. The fourth-order valence-electron chi connectivity index (χ4n) is 3.31. The second-order valence-electron chi connectivity index (χ2n) is 7.48. The average Bonchev–Trinajstić information content (AvgIpc) is 3.19. The molecule has 0 unspecified atom stereocenters. The van der Waals surface area contributed by atoms with Crippen molar-refractivity contribution >= 4 is 12.0 Å². The Hall–Kier alpha value is -2.63. The smallest absolute Gasteiger partial charge is 0.226 e. The average molecular weight is 382 g/mol. The minimum atomic E-state index is 0.300. The monoisotopic (exact) mass is 381 g/mol. The van der Waals surface area contributed by atoms with Crippen LogP contribution in [0, 0.1) is 0 Å². The molecule has 1 aliphatic rings. The first-order chi connectivity index (χ1) is 13.7. The van der Waals surface area contributed by atoms with Gasteiger partial charge in [0.15, 0.2) is 11.8 Å². The fraction of sp³-hybridized carbons (Fsp3) is 0.500. The fourth-order valence-corrected chi connectivity index (χ4v) is 3.31. The third-order valence-corrected chi connectivity index (χ3v) is 4.94. The Balaban J connectivity index is 1.41. The molecule has 2 heterocycles. The van der Waals surface area contributed by atoms with E-state index in [-0.39, 0.29) is 0 Å². The molecule has 1 saturated heterocycles. The third kappa shape index (κ3) is 5.68. The highest BCUT2D eigenvalue weighted by atomic mass is 16.5. The van der Waals surface area contributed by atoms with Crippen molar-refractivity contribution in [3.8, 4) is 0 Å². The summed E-state index contributed by atoms with van der Waals surface area (Å²) in [5.74, 6) is 2.78. The van der Waals surface area contributed by atoms with Crippen molar-refractivity contribution in [1.29, 1.82) is 0 Å². The number of aryl methyl sites for hydroxylation is 1. The zero-order valence-electron chi connectivity index (χ0n) is 17.2. The van der Waals surface area contributed by atoms with Crippen LogP contribution >= 0.6 is 0 Å². The molecule has 1 aromatic heterocycles. The van der Waals surface area contributed by atoms with Gasteiger partial charge in [0.2, 0.25) is 5.89 Å². The van der Waals surface area contributed by atoms with Crippen LogP contribution in [-0.2, 0) is 6.42 Å². The summed E-state index contributed by atoms with van der Waals surface area (Å²) in [6.45, 7) is 6.98. The summed E-state index contributed by atoms with van der Waals surface area (Å²) < 4.78 is 5.30. The molecule has 0 radical (unpaired) electrons.